The lowest BCUT2D eigenvalue weighted by atomic mass is 10.5. The highest BCUT2D eigenvalue weighted by Gasteiger charge is 2.41. The van der Waals surface area contributed by atoms with Crippen LogP contribution in [-0.4, -0.2) is 52.5 Å². The van der Waals surface area contributed by atoms with Gasteiger partial charge >= 0.3 is 18.1 Å². The van der Waals surface area contributed by atoms with Crippen LogP contribution < -0.4 is 11.5 Å². The summed E-state index contributed by atoms with van der Waals surface area (Å²) >= 11 is 0. The van der Waals surface area contributed by atoms with Crippen LogP contribution in [0.1, 0.15) is 12.8 Å². The normalized spacial score (nSPS) is 12.4. The van der Waals surface area contributed by atoms with Gasteiger partial charge in [0.25, 0.3) is 0 Å². The largest absolute Gasteiger partial charge is 0.491 e. The van der Waals surface area contributed by atoms with Crippen molar-refractivity contribution < 1.29 is 17.4 Å². The predicted octanol–water partition coefficient (Wildman–Crippen LogP) is 0.0669. The zero-order valence-corrected chi connectivity index (χ0v) is 13.0. The Morgan fingerprint density at radius 1 is 1.00 bits per heavy atom. The molecule has 0 aromatic carbocycles. The van der Waals surface area contributed by atoms with Gasteiger partial charge in [-0.25, -0.2) is 0 Å². The molecule has 17 heavy (non-hydrogen) atoms. The first-order valence-electron chi connectivity index (χ1n) is 5.77. The Balaban J connectivity index is 4.36. The predicted molar refractivity (Wildman–Crippen MR) is 70.6 cm³/mol. The van der Waals surface area contributed by atoms with Crippen molar-refractivity contribution in [3.05, 3.63) is 0 Å². The maximum absolute atomic E-state index is 5.95. The molecule has 0 aliphatic rings. The monoisotopic (exact) mass is 281 g/mol. The summed E-state index contributed by atoms with van der Waals surface area (Å²) in [5, 5.41) is 0. The van der Waals surface area contributed by atoms with Crippen LogP contribution in [0.2, 0.25) is 12.1 Å². The lowest BCUT2D eigenvalue weighted by Gasteiger charge is -2.29. The van der Waals surface area contributed by atoms with Gasteiger partial charge in [-0.15, -0.1) is 0 Å². The molecule has 0 fully saturated rings. The van der Waals surface area contributed by atoms with E-state index in [0.717, 1.165) is 24.9 Å². The molecule has 0 heterocycles. The Morgan fingerprint density at radius 2 is 1.59 bits per heavy atom. The molecular formula is C9H25N2O4Si2. The van der Waals surface area contributed by atoms with Crippen LogP contribution in [-0.2, 0) is 17.4 Å². The molecular weight excluding hydrogens is 256 g/mol. The number of rotatable bonds is 11. The Bertz CT molecular complexity index is 184. The Kier molecular flexibility index (Phi) is 10.3. The smallest absolute Gasteiger partial charge is 0.397 e. The van der Waals surface area contributed by atoms with E-state index in [0.29, 0.717) is 13.1 Å². The van der Waals surface area contributed by atoms with E-state index in [1.807, 2.05) is 0 Å². The van der Waals surface area contributed by atoms with E-state index in [2.05, 4.69) is 0 Å². The first-order valence-corrected chi connectivity index (χ1v) is 9.22. The zero-order chi connectivity index (χ0) is 13.1. The first-order chi connectivity index (χ1) is 8.17. The average molecular weight is 281 g/mol. The molecule has 1 radical (unpaired) electrons. The molecule has 0 rings (SSSR count). The molecule has 8 heteroatoms. The van der Waals surface area contributed by atoms with Gasteiger partial charge in [-0.2, -0.15) is 0 Å². The molecule has 0 saturated heterocycles. The summed E-state index contributed by atoms with van der Waals surface area (Å²) in [6.45, 7) is 1.24. The third-order valence-electron chi connectivity index (χ3n) is 2.39. The molecule has 0 aliphatic carbocycles. The van der Waals surface area contributed by atoms with Crippen LogP contribution in [0.15, 0.2) is 0 Å². The molecule has 103 valence electrons. The van der Waals surface area contributed by atoms with Gasteiger partial charge in [0.15, 0.2) is 0 Å². The summed E-state index contributed by atoms with van der Waals surface area (Å²) in [5.41, 5.74) is 11.0. The maximum Gasteiger partial charge on any atom is 0.491 e. The van der Waals surface area contributed by atoms with Gasteiger partial charge in [-0.05, 0) is 32.0 Å². The molecule has 0 aromatic rings. The number of hydrogen-bond acceptors (Lipinski definition) is 6. The van der Waals surface area contributed by atoms with Crippen molar-refractivity contribution >= 4 is 18.1 Å². The molecule has 0 bridgehead atoms. The minimum atomic E-state index is -2.60. The SMILES string of the molecule is CO[Si](CCCN)O[Si](CCCN)(OC)OC. The van der Waals surface area contributed by atoms with Crippen LogP contribution in [0.25, 0.3) is 0 Å². The zero-order valence-electron chi connectivity index (χ0n) is 11.0. The van der Waals surface area contributed by atoms with E-state index in [9.17, 15) is 0 Å². The molecule has 0 amide bonds. The van der Waals surface area contributed by atoms with Crippen molar-refractivity contribution in [3.63, 3.8) is 0 Å². The highest BCUT2D eigenvalue weighted by Crippen LogP contribution is 2.18. The Hall–Kier alpha value is 0.194. The highest BCUT2D eigenvalue weighted by molar-refractivity contribution is 6.69. The van der Waals surface area contributed by atoms with Crippen molar-refractivity contribution in [3.8, 4) is 0 Å². The summed E-state index contributed by atoms with van der Waals surface area (Å²) in [7, 11) is 0.917. The van der Waals surface area contributed by atoms with Crippen LogP contribution in [0.5, 0.6) is 0 Å². The molecule has 4 N–H and O–H groups in total. The topological polar surface area (TPSA) is 89.0 Å². The van der Waals surface area contributed by atoms with Gasteiger partial charge in [0.05, 0.1) is 0 Å². The summed E-state index contributed by atoms with van der Waals surface area (Å²) in [6.07, 6.45) is 1.71. The first kappa shape index (κ1) is 17.2. The number of nitrogens with two attached hydrogens (primary N) is 2. The Morgan fingerprint density at radius 3 is 2.00 bits per heavy atom. The molecule has 0 unspecified atom stereocenters. The standard InChI is InChI=1S/C9H25N2O4Si2/c1-12-16(8-4-6-10)15-17(13-2,14-3)9-5-7-11/h4-11H2,1-3H3. The van der Waals surface area contributed by atoms with Gasteiger partial charge in [0, 0.05) is 27.4 Å². The second-order valence-corrected chi connectivity index (χ2v) is 8.71. The van der Waals surface area contributed by atoms with Crippen molar-refractivity contribution in [2.75, 3.05) is 34.4 Å². The molecule has 0 spiro atoms. The molecule has 6 nitrogen and oxygen atoms in total. The minimum absolute atomic E-state index is 0.600. The third-order valence-corrected chi connectivity index (χ3v) is 7.97. The van der Waals surface area contributed by atoms with E-state index < -0.39 is 18.1 Å². The van der Waals surface area contributed by atoms with E-state index in [1.165, 1.54) is 0 Å². The highest BCUT2D eigenvalue weighted by atomic mass is 28.4. The van der Waals surface area contributed by atoms with Gasteiger partial charge < -0.3 is 28.9 Å². The molecule has 0 atom stereocenters. The van der Waals surface area contributed by atoms with Gasteiger partial charge in [0.2, 0.25) is 0 Å². The fraction of sp³-hybridized carbons (Fsp3) is 1.00. The quantitative estimate of drug-likeness (QED) is 0.521. The lowest BCUT2D eigenvalue weighted by molar-refractivity contribution is 0.143. The van der Waals surface area contributed by atoms with Gasteiger partial charge in [-0.3, -0.25) is 0 Å². The maximum atomic E-state index is 5.95. The summed E-state index contributed by atoms with van der Waals surface area (Å²) in [4.78, 5) is 0. The average Bonchev–Trinajstić information content (AvgIpc) is 2.39. The summed E-state index contributed by atoms with van der Waals surface area (Å²) in [6, 6.07) is 1.55. The third kappa shape index (κ3) is 6.62. The van der Waals surface area contributed by atoms with Gasteiger partial charge in [0.1, 0.15) is 0 Å². The van der Waals surface area contributed by atoms with Crippen LogP contribution >= 0.6 is 0 Å². The van der Waals surface area contributed by atoms with Crippen molar-refractivity contribution in [2.24, 2.45) is 11.5 Å². The minimum Gasteiger partial charge on any atom is -0.397 e. The van der Waals surface area contributed by atoms with Crippen molar-refractivity contribution in [1.82, 2.24) is 0 Å². The number of hydrogen-bond donors (Lipinski definition) is 2. The van der Waals surface area contributed by atoms with E-state index in [-0.39, 0.29) is 0 Å². The molecule has 0 aromatic heterocycles. The van der Waals surface area contributed by atoms with E-state index in [4.69, 9.17) is 28.9 Å². The Labute approximate surface area is 107 Å². The van der Waals surface area contributed by atoms with E-state index >= 15 is 0 Å². The second kappa shape index (κ2) is 10.1. The van der Waals surface area contributed by atoms with Gasteiger partial charge in [-0.1, -0.05) is 0 Å². The summed E-state index contributed by atoms with van der Waals surface area (Å²) in [5.74, 6) is 0. The fourth-order valence-corrected chi connectivity index (χ4v) is 6.47. The lowest BCUT2D eigenvalue weighted by Crippen LogP contribution is -2.49. The molecule has 0 aliphatic heterocycles. The van der Waals surface area contributed by atoms with Crippen molar-refractivity contribution in [2.45, 2.75) is 24.9 Å². The van der Waals surface area contributed by atoms with Crippen LogP contribution in [0.4, 0.5) is 0 Å². The second-order valence-electron chi connectivity index (χ2n) is 3.55. The van der Waals surface area contributed by atoms with Crippen molar-refractivity contribution in [1.29, 1.82) is 0 Å². The van der Waals surface area contributed by atoms with Crippen LogP contribution in [0, 0.1) is 0 Å². The fourth-order valence-electron chi connectivity index (χ4n) is 1.35. The molecule has 0 saturated carbocycles. The van der Waals surface area contributed by atoms with E-state index in [1.54, 1.807) is 21.3 Å². The van der Waals surface area contributed by atoms with Crippen LogP contribution in [0.3, 0.4) is 0 Å². The summed E-state index contributed by atoms with van der Waals surface area (Å²) < 4.78 is 22.2.